The third-order valence-corrected chi connectivity index (χ3v) is 4.81. The van der Waals surface area contributed by atoms with Crippen LogP contribution < -0.4 is 10.2 Å². The lowest BCUT2D eigenvalue weighted by molar-refractivity contribution is -0.121. The lowest BCUT2D eigenvalue weighted by Crippen LogP contribution is -2.47. The van der Waals surface area contributed by atoms with E-state index in [1.807, 2.05) is 42.3 Å². The smallest absolute Gasteiger partial charge is 0.240 e. The van der Waals surface area contributed by atoms with Gasteiger partial charge in [-0.15, -0.1) is 0 Å². The van der Waals surface area contributed by atoms with E-state index < -0.39 is 0 Å². The maximum Gasteiger partial charge on any atom is 0.240 e. The first-order valence-electron chi connectivity index (χ1n) is 8.42. The monoisotopic (exact) mass is 326 g/mol. The van der Waals surface area contributed by atoms with Gasteiger partial charge in [0.05, 0.1) is 12.1 Å². The van der Waals surface area contributed by atoms with Gasteiger partial charge in [0.15, 0.2) is 0 Å². The Balaban J connectivity index is 1.71. The molecule has 0 aliphatic heterocycles. The molecule has 3 rings (SSSR count). The average molecular weight is 326 g/mol. The van der Waals surface area contributed by atoms with Crippen molar-refractivity contribution in [3.05, 3.63) is 66.0 Å². The zero-order valence-electron chi connectivity index (χ0n) is 14.0. The Labute approximate surface area is 142 Å². The summed E-state index contributed by atoms with van der Waals surface area (Å²) in [4.78, 5) is 14.5. The highest BCUT2D eigenvalue weighted by molar-refractivity contribution is 5.82. The van der Waals surface area contributed by atoms with Gasteiger partial charge in [-0.3, -0.25) is 4.79 Å². The standard InChI is InChI=1S/C20H23FN2O/c1-23(18-7-3-2-4-8-18)15-19(24)22-20(13-5-6-14-20)16-9-11-17(21)12-10-16/h2-4,7-12H,5-6,13-15H2,1H3,(H,22,24). The average Bonchev–Trinajstić information content (AvgIpc) is 3.05. The number of carbonyl (C=O) groups is 1. The highest BCUT2D eigenvalue weighted by atomic mass is 19.1. The molecule has 0 atom stereocenters. The van der Waals surface area contributed by atoms with E-state index in [0.717, 1.165) is 36.9 Å². The summed E-state index contributed by atoms with van der Waals surface area (Å²) in [7, 11) is 1.91. The molecule has 24 heavy (non-hydrogen) atoms. The van der Waals surface area contributed by atoms with Crippen LogP contribution in [0.25, 0.3) is 0 Å². The van der Waals surface area contributed by atoms with Crippen molar-refractivity contribution in [3.63, 3.8) is 0 Å². The number of carbonyl (C=O) groups excluding carboxylic acids is 1. The minimum absolute atomic E-state index is 0.00687. The molecule has 0 spiro atoms. The van der Waals surface area contributed by atoms with Gasteiger partial charge in [0.2, 0.25) is 5.91 Å². The maximum absolute atomic E-state index is 13.2. The molecule has 1 saturated carbocycles. The molecule has 0 aromatic heterocycles. The number of nitrogens with zero attached hydrogens (tertiary/aromatic N) is 1. The summed E-state index contributed by atoms with van der Waals surface area (Å²) in [6.45, 7) is 0.299. The van der Waals surface area contributed by atoms with Crippen LogP contribution in [0.4, 0.5) is 10.1 Å². The molecular formula is C20H23FN2O. The van der Waals surface area contributed by atoms with Crippen LogP contribution in [-0.4, -0.2) is 19.5 Å². The van der Waals surface area contributed by atoms with E-state index in [1.165, 1.54) is 12.1 Å². The molecule has 0 bridgehead atoms. The van der Waals surface area contributed by atoms with Crippen LogP contribution in [0.3, 0.4) is 0 Å². The summed E-state index contributed by atoms with van der Waals surface area (Å²) >= 11 is 0. The molecule has 1 N–H and O–H groups in total. The molecule has 0 saturated heterocycles. The van der Waals surface area contributed by atoms with Crippen molar-refractivity contribution in [3.8, 4) is 0 Å². The molecule has 126 valence electrons. The first-order valence-corrected chi connectivity index (χ1v) is 8.42. The lowest BCUT2D eigenvalue weighted by Gasteiger charge is -2.32. The number of halogens is 1. The van der Waals surface area contributed by atoms with Crippen LogP contribution in [0.1, 0.15) is 31.2 Å². The highest BCUT2D eigenvalue weighted by Gasteiger charge is 2.37. The predicted molar refractivity (Wildman–Crippen MR) is 94.4 cm³/mol. The second-order valence-corrected chi connectivity index (χ2v) is 6.54. The fourth-order valence-corrected chi connectivity index (χ4v) is 3.53. The van der Waals surface area contributed by atoms with E-state index in [4.69, 9.17) is 0 Å². The quantitative estimate of drug-likeness (QED) is 0.905. The van der Waals surface area contributed by atoms with Crippen molar-refractivity contribution in [2.24, 2.45) is 0 Å². The van der Waals surface area contributed by atoms with Crippen LogP contribution in [0.15, 0.2) is 54.6 Å². The molecule has 3 nitrogen and oxygen atoms in total. The minimum atomic E-state index is -0.359. The molecule has 0 heterocycles. The van der Waals surface area contributed by atoms with Crippen molar-refractivity contribution in [2.75, 3.05) is 18.5 Å². The van der Waals surface area contributed by atoms with E-state index in [9.17, 15) is 9.18 Å². The summed E-state index contributed by atoms with van der Waals surface area (Å²) in [5.74, 6) is -0.255. The van der Waals surface area contributed by atoms with Gasteiger partial charge in [0.25, 0.3) is 0 Å². The Kier molecular flexibility index (Phi) is 4.84. The summed E-state index contributed by atoms with van der Waals surface area (Å²) in [5.41, 5.74) is 1.65. The molecule has 2 aromatic carbocycles. The molecule has 0 radical (unpaired) electrons. The van der Waals surface area contributed by atoms with Gasteiger partial charge in [0.1, 0.15) is 5.82 Å². The molecule has 1 aliphatic rings. The van der Waals surface area contributed by atoms with Crippen molar-refractivity contribution >= 4 is 11.6 Å². The van der Waals surface area contributed by atoms with Gasteiger partial charge in [-0.05, 0) is 42.7 Å². The summed E-state index contributed by atoms with van der Waals surface area (Å²) in [5, 5.41) is 3.23. The molecule has 0 unspecified atom stereocenters. The third-order valence-electron chi connectivity index (χ3n) is 4.81. The number of rotatable bonds is 5. The number of amides is 1. The molecule has 4 heteroatoms. The Morgan fingerprint density at radius 2 is 1.71 bits per heavy atom. The Morgan fingerprint density at radius 3 is 2.33 bits per heavy atom. The first-order chi connectivity index (χ1) is 11.6. The lowest BCUT2D eigenvalue weighted by atomic mass is 9.88. The molecular weight excluding hydrogens is 303 g/mol. The molecule has 2 aromatic rings. The summed E-state index contributed by atoms with van der Waals surface area (Å²) < 4.78 is 13.2. The van der Waals surface area contributed by atoms with Crippen LogP contribution in [-0.2, 0) is 10.3 Å². The van der Waals surface area contributed by atoms with Gasteiger partial charge >= 0.3 is 0 Å². The summed E-state index contributed by atoms with van der Waals surface area (Å²) in [6, 6.07) is 16.4. The van der Waals surface area contributed by atoms with E-state index >= 15 is 0 Å². The van der Waals surface area contributed by atoms with E-state index in [1.54, 1.807) is 12.1 Å². The number of nitrogens with one attached hydrogen (secondary N) is 1. The van der Waals surface area contributed by atoms with Crippen molar-refractivity contribution in [2.45, 2.75) is 31.2 Å². The number of benzene rings is 2. The third kappa shape index (κ3) is 3.58. The largest absolute Gasteiger partial charge is 0.365 e. The minimum Gasteiger partial charge on any atom is -0.365 e. The van der Waals surface area contributed by atoms with Crippen molar-refractivity contribution < 1.29 is 9.18 Å². The van der Waals surface area contributed by atoms with Crippen LogP contribution in [0, 0.1) is 5.82 Å². The van der Waals surface area contributed by atoms with Gasteiger partial charge in [-0.25, -0.2) is 4.39 Å². The topological polar surface area (TPSA) is 32.3 Å². The predicted octanol–water partition coefficient (Wildman–Crippen LogP) is 3.85. The zero-order valence-corrected chi connectivity index (χ0v) is 14.0. The number of hydrogen-bond donors (Lipinski definition) is 1. The zero-order chi connectivity index (χ0) is 17.0. The van der Waals surface area contributed by atoms with Crippen molar-refractivity contribution in [1.29, 1.82) is 0 Å². The molecule has 1 aliphatic carbocycles. The number of para-hydroxylation sites is 1. The van der Waals surface area contributed by atoms with Gasteiger partial charge < -0.3 is 10.2 Å². The van der Waals surface area contributed by atoms with Crippen LogP contribution in [0.2, 0.25) is 0 Å². The number of hydrogen-bond acceptors (Lipinski definition) is 2. The van der Waals surface area contributed by atoms with Crippen molar-refractivity contribution in [1.82, 2.24) is 5.32 Å². The second kappa shape index (κ2) is 7.04. The Hall–Kier alpha value is -2.36. The second-order valence-electron chi connectivity index (χ2n) is 6.54. The van der Waals surface area contributed by atoms with Gasteiger partial charge in [-0.2, -0.15) is 0 Å². The maximum atomic E-state index is 13.2. The van der Waals surface area contributed by atoms with Crippen LogP contribution >= 0.6 is 0 Å². The van der Waals surface area contributed by atoms with Gasteiger partial charge in [0, 0.05) is 12.7 Å². The first kappa shape index (κ1) is 16.5. The fourth-order valence-electron chi connectivity index (χ4n) is 3.53. The van der Waals surface area contributed by atoms with E-state index in [-0.39, 0.29) is 17.3 Å². The Bertz CT molecular complexity index is 679. The van der Waals surface area contributed by atoms with Crippen LogP contribution in [0.5, 0.6) is 0 Å². The fraction of sp³-hybridized carbons (Fsp3) is 0.350. The normalized spacial score (nSPS) is 15.9. The summed E-state index contributed by atoms with van der Waals surface area (Å²) in [6.07, 6.45) is 3.96. The molecule has 1 amide bonds. The Morgan fingerprint density at radius 1 is 1.08 bits per heavy atom. The number of anilines is 1. The highest BCUT2D eigenvalue weighted by Crippen LogP contribution is 2.38. The SMILES string of the molecule is CN(CC(=O)NC1(c2ccc(F)cc2)CCCC1)c1ccccc1. The molecule has 1 fully saturated rings. The van der Waals surface area contributed by atoms with E-state index in [0.29, 0.717) is 6.54 Å². The number of likely N-dealkylation sites (N-methyl/N-ethyl adjacent to an activating group) is 1. The van der Waals surface area contributed by atoms with E-state index in [2.05, 4.69) is 5.32 Å². The van der Waals surface area contributed by atoms with Gasteiger partial charge in [-0.1, -0.05) is 43.2 Å².